The maximum Gasteiger partial charge on any atom is 0.340 e. The molecule has 2 aromatic heterocycles. The molecule has 182 valence electrons. The molecule has 1 unspecified atom stereocenters. The number of aromatic nitrogens is 2. The van der Waals surface area contributed by atoms with Gasteiger partial charge in [-0.1, -0.05) is 42.5 Å². The SMILES string of the molecule is CCOC(=O)c1ccccc1NC(C)c1cc(C)cc2c(=O)c(C)c(-n3cc4ccccc4c3)[nH]c12. The van der Waals surface area contributed by atoms with E-state index >= 15 is 0 Å². The Balaban J connectivity index is 1.64. The molecule has 5 rings (SSSR count). The van der Waals surface area contributed by atoms with Crippen molar-refractivity contribution in [2.75, 3.05) is 11.9 Å². The highest BCUT2D eigenvalue weighted by Crippen LogP contribution is 2.29. The summed E-state index contributed by atoms with van der Waals surface area (Å²) in [5.41, 5.74) is 4.54. The number of nitrogens with one attached hydrogen (secondary N) is 2. The van der Waals surface area contributed by atoms with E-state index in [1.165, 1.54) is 0 Å². The number of rotatable bonds is 6. The number of aromatic amines is 1. The van der Waals surface area contributed by atoms with Crippen LogP contribution in [0, 0.1) is 13.8 Å². The van der Waals surface area contributed by atoms with Gasteiger partial charge < -0.3 is 19.6 Å². The average Bonchev–Trinajstić information content (AvgIpc) is 3.30. The van der Waals surface area contributed by atoms with Crippen LogP contribution in [0.25, 0.3) is 27.5 Å². The van der Waals surface area contributed by atoms with Crippen LogP contribution in [0.2, 0.25) is 0 Å². The Bertz CT molecular complexity index is 1630. The zero-order valence-electron chi connectivity index (χ0n) is 20.9. The van der Waals surface area contributed by atoms with Crippen molar-refractivity contribution in [1.82, 2.24) is 9.55 Å². The third kappa shape index (κ3) is 4.15. The number of ether oxygens (including phenoxy) is 1. The Morgan fingerprint density at radius 1 is 1.03 bits per heavy atom. The van der Waals surface area contributed by atoms with Gasteiger partial charge in [-0.3, -0.25) is 4.79 Å². The first kappa shape index (κ1) is 23.4. The summed E-state index contributed by atoms with van der Waals surface area (Å²) < 4.78 is 7.22. The summed E-state index contributed by atoms with van der Waals surface area (Å²) in [6.07, 6.45) is 4.06. The van der Waals surface area contributed by atoms with Gasteiger partial charge in [-0.05, 0) is 67.8 Å². The normalized spacial score (nSPS) is 12.1. The lowest BCUT2D eigenvalue weighted by atomic mass is 9.98. The smallest absolute Gasteiger partial charge is 0.340 e. The largest absolute Gasteiger partial charge is 0.462 e. The number of nitrogens with zero attached hydrogens (tertiary/aromatic N) is 1. The first-order valence-corrected chi connectivity index (χ1v) is 12.1. The summed E-state index contributed by atoms with van der Waals surface area (Å²) in [5, 5.41) is 6.33. The fraction of sp³-hybridized carbons (Fsp3) is 0.200. The minimum absolute atomic E-state index is 0.000537. The Labute approximate surface area is 209 Å². The third-order valence-electron chi connectivity index (χ3n) is 6.57. The van der Waals surface area contributed by atoms with Gasteiger partial charge in [0.15, 0.2) is 5.43 Å². The minimum Gasteiger partial charge on any atom is -0.462 e. The van der Waals surface area contributed by atoms with E-state index in [1.54, 1.807) is 13.0 Å². The van der Waals surface area contributed by atoms with Crippen LogP contribution in [0.3, 0.4) is 0 Å². The summed E-state index contributed by atoms with van der Waals surface area (Å²) >= 11 is 0. The van der Waals surface area contributed by atoms with Gasteiger partial charge in [-0.25, -0.2) is 4.79 Å². The highest BCUT2D eigenvalue weighted by molar-refractivity contribution is 5.96. The van der Waals surface area contributed by atoms with Crippen LogP contribution >= 0.6 is 0 Å². The van der Waals surface area contributed by atoms with Crippen LogP contribution in [0.5, 0.6) is 0 Å². The van der Waals surface area contributed by atoms with E-state index in [-0.39, 0.29) is 17.4 Å². The molecule has 0 aliphatic carbocycles. The molecular formula is C30H29N3O3. The molecule has 1 atom stereocenters. The number of pyridine rings is 1. The molecule has 0 aliphatic heterocycles. The number of benzene rings is 3. The molecule has 6 heteroatoms. The molecule has 0 amide bonds. The second-order valence-corrected chi connectivity index (χ2v) is 9.13. The number of carbonyl (C=O) groups excluding carboxylic acids is 1. The van der Waals surface area contributed by atoms with Gasteiger partial charge in [0.2, 0.25) is 0 Å². The van der Waals surface area contributed by atoms with Crippen molar-refractivity contribution in [3.05, 3.63) is 106 Å². The molecule has 0 saturated heterocycles. The number of carbonyl (C=O) groups is 1. The van der Waals surface area contributed by atoms with E-state index in [9.17, 15) is 9.59 Å². The number of hydrogen-bond acceptors (Lipinski definition) is 4. The summed E-state index contributed by atoms with van der Waals surface area (Å²) in [5.74, 6) is 0.376. The summed E-state index contributed by atoms with van der Waals surface area (Å²) in [7, 11) is 0. The third-order valence-corrected chi connectivity index (χ3v) is 6.57. The quantitative estimate of drug-likeness (QED) is 0.275. The van der Waals surface area contributed by atoms with Crippen LogP contribution in [-0.2, 0) is 4.74 Å². The maximum atomic E-state index is 13.5. The van der Waals surface area contributed by atoms with Crippen molar-refractivity contribution in [2.45, 2.75) is 33.7 Å². The number of anilines is 1. The fourth-order valence-corrected chi connectivity index (χ4v) is 4.77. The van der Waals surface area contributed by atoms with Crippen LogP contribution in [0.1, 0.15) is 46.9 Å². The van der Waals surface area contributed by atoms with Crippen molar-refractivity contribution in [3.63, 3.8) is 0 Å². The maximum absolute atomic E-state index is 13.5. The lowest BCUT2D eigenvalue weighted by Crippen LogP contribution is -2.17. The van der Waals surface area contributed by atoms with E-state index < -0.39 is 0 Å². The predicted octanol–water partition coefficient (Wildman–Crippen LogP) is 6.44. The van der Waals surface area contributed by atoms with E-state index in [1.807, 2.05) is 74.1 Å². The highest BCUT2D eigenvalue weighted by atomic mass is 16.5. The lowest BCUT2D eigenvalue weighted by Gasteiger charge is -2.21. The van der Waals surface area contributed by atoms with Crippen molar-refractivity contribution < 1.29 is 9.53 Å². The van der Waals surface area contributed by atoms with Crippen molar-refractivity contribution >= 4 is 33.3 Å². The first-order chi connectivity index (χ1) is 17.4. The minimum atomic E-state index is -0.368. The monoisotopic (exact) mass is 479 g/mol. The van der Waals surface area contributed by atoms with Crippen LogP contribution in [0.15, 0.2) is 77.9 Å². The van der Waals surface area contributed by atoms with Crippen molar-refractivity contribution in [1.29, 1.82) is 0 Å². The number of H-pyrrole nitrogens is 1. The topological polar surface area (TPSA) is 76.1 Å². The molecule has 0 radical (unpaired) electrons. The molecule has 36 heavy (non-hydrogen) atoms. The summed E-state index contributed by atoms with van der Waals surface area (Å²) in [6.45, 7) is 7.97. The number of para-hydroxylation sites is 1. The lowest BCUT2D eigenvalue weighted by molar-refractivity contribution is 0.0527. The van der Waals surface area contributed by atoms with E-state index in [4.69, 9.17) is 4.74 Å². The van der Waals surface area contributed by atoms with Crippen LogP contribution < -0.4 is 10.7 Å². The second-order valence-electron chi connectivity index (χ2n) is 9.13. The zero-order valence-corrected chi connectivity index (χ0v) is 20.9. The Morgan fingerprint density at radius 3 is 2.39 bits per heavy atom. The van der Waals surface area contributed by atoms with Gasteiger partial charge in [-0.15, -0.1) is 0 Å². The van der Waals surface area contributed by atoms with E-state index in [2.05, 4.69) is 28.5 Å². The number of hydrogen-bond donors (Lipinski definition) is 2. The Hall–Kier alpha value is -4.32. The number of aryl methyl sites for hydroxylation is 1. The molecule has 2 heterocycles. The van der Waals surface area contributed by atoms with E-state index in [0.29, 0.717) is 28.8 Å². The average molecular weight is 480 g/mol. The standard InChI is InChI=1S/C30H29N3O3/c1-5-36-30(35)23-12-8-9-13-26(23)31-20(4)24-14-18(2)15-25-27(24)32-29(19(3)28(25)34)33-16-21-10-6-7-11-22(21)17-33/h6-17,20,31H,5H2,1-4H3,(H,32,34). The molecule has 2 N–H and O–H groups in total. The van der Waals surface area contributed by atoms with Crippen molar-refractivity contribution in [2.24, 2.45) is 0 Å². The van der Waals surface area contributed by atoms with Gasteiger partial charge in [0.25, 0.3) is 0 Å². The van der Waals surface area contributed by atoms with Crippen molar-refractivity contribution in [3.8, 4) is 5.82 Å². The second kappa shape index (κ2) is 9.38. The highest BCUT2D eigenvalue weighted by Gasteiger charge is 2.19. The Kier molecular flexibility index (Phi) is 6.10. The summed E-state index contributed by atoms with van der Waals surface area (Å²) in [6, 6.07) is 19.3. The molecule has 5 aromatic rings. The fourth-order valence-electron chi connectivity index (χ4n) is 4.77. The zero-order chi connectivity index (χ0) is 25.4. The molecule has 0 bridgehead atoms. The summed E-state index contributed by atoms with van der Waals surface area (Å²) in [4.78, 5) is 29.6. The van der Waals surface area contributed by atoms with Crippen LogP contribution in [0.4, 0.5) is 5.69 Å². The van der Waals surface area contributed by atoms with Gasteiger partial charge in [0, 0.05) is 29.0 Å². The molecule has 0 saturated carbocycles. The molecule has 0 fully saturated rings. The number of esters is 1. The van der Waals surface area contributed by atoms with Gasteiger partial charge in [0.05, 0.1) is 23.7 Å². The molecule has 3 aromatic carbocycles. The van der Waals surface area contributed by atoms with E-state index in [0.717, 1.165) is 33.2 Å². The molecule has 0 aliphatic rings. The molecule has 0 spiro atoms. The number of fused-ring (bicyclic) bond motifs is 2. The van der Waals surface area contributed by atoms with Crippen LogP contribution in [-0.4, -0.2) is 22.1 Å². The first-order valence-electron chi connectivity index (χ1n) is 12.1. The molecular weight excluding hydrogens is 450 g/mol. The predicted molar refractivity (Wildman–Crippen MR) is 145 cm³/mol. The molecule has 6 nitrogen and oxygen atoms in total. The van der Waals surface area contributed by atoms with Gasteiger partial charge in [-0.2, -0.15) is 0 Å². The van der Waals surface area contributed by atoms with Gasteiger partial charge >= 0.3 is 5.97 Å². The van der Waals surface area contributed by atoms with Gasteiger partial charge in [0.1, 0.15) is 5.82 Å². The Morgan fingerprint density at radius 2 is 1.69 bits per heavy atom.